The topological polar surface area (TPSA) is 55.8 Å². The van der Waals surface area contributed by atoms with Gasteiger partial charge in [-0.05, 0) is 13.8 Å². The molecule has 1 aliphatic heterocycles. The summed E-state index contributed by atoms with van der Waals surface area (Å²) in [5, 5.41) is 10.2. The van der Waals surface area contributed by atoms with Gasteiger partial charge in [0, 0.05) is 0 Å². The van der Waals surface area contributed by atoms with Gasteiger partial charge < -0.3 is 14.6 Å². The number of ketones is 1. The molecular formula is C31H9F51O4. The maximum atomic E-state index is 16.0. The second kappa shape index (κ2) is 19.5. The van der Waals surface area contributed by atoms with Crippen LogP contribution in [0.4, 0.5) is 224 Å². The quantitative estimate of drug-likeness (QED) is 0.104. The molecule has 1 aliphatic rings. The molecule has 0 aromatic carbocycles. The third kappa shape index (κ3) is 9.19. The van der Waals surface area contributed by atoms with Crippen LogP contribution >= 0.6 is 0 Å². The van der Waals surface area contributed by atoms with Crippen LogP contribution in [0.2, 0.25) is 0 Å². The third-order valence-corrected chi connectivity index (χ3v) is 11.2. The van der Waals surface area contributed by atoms with Crippen molar-refractivity contribution in [1.29, 1.82) is 0 Å². The van der Waals surface area contributed by atoms with Crippen LogP contribution in [-0.2, 0) is 14.3 Å². The molecule has 0 unspecified atom stereocenters. The molecule has 55 heteroatoms. The second-order valence-corrected chi connectivity index (χ2v) is 17.2. The maximum Gasteiger partial charge on any atom is 0.460 e. The lowest BCUT2D eigenvalue weighted by molar-refractivity contribution is -0.493. The Morgan fingerprint density at radius 1 is 0.256 bits per heavy atom. The van der Waals surface area contributed by atoms with E-state index in [4.69, 9.17) is 0 Å². The largest absolute Gasteiger partial charge is 0.460 e. The number of alkyl halides is 51. The van der Waals surface area contributed by atoms with Crippen molar-refractivity contribution in [3.8, 4) is 0 Å². The molecule has 2 atom stereocenters. The zero-order chi connectivity index (χ0) is 71.1. The Morgan fingerprint density at radius 3 is 0.581 bits per heavy atom. The molecule has 1 fully saturated rings. The Kier molecular flexibility index (Phi) is 18.1. The van der Waals surface area contributed by atoms with Crippen molar-refractivity contribution in [1.82, 2.24) is 0 Å². The van der Waals surface area contributed by atoms with Gasteiger partial charge in [-0.3, -0.25) is 4.79 Å². The highest BCUT2D eigenvalue weighted by atomic mass is 19.5. The van der Waals surface area contributed by atoms with E-state index in [1.165, 1.54) is 0 Å². The minimum atomic E-state index is -11.0. The van der Waals surface area contributed by atoms with E-state index in [1.807, 2.05) is 0 Å². The number of ether oxygens (including phenoxy) is 2. The number of Topliss-reactive ketones (excluding diaryl/α,β-unsaturated/α-hetero) is 1. The summed E-state index contributed by atoms with van der Waals surface area (Å²) in [5.41, 5.74) is -10.4. The highest BCUT2D eigenvalue weighted by molar-refractivity contribution is 5.92. The molecule has 0 aromatic rings. The second-order valence-electron chi connectivity index (χ2n) is 17.2. The van der Waals surface area contributed by atoms with Crippen molar-refractivity contribution < 1.29 is 243 Å². The Morgan fingerprint density at radius 2 is 0.407 bits per heavy atom. The predicted molar refractivity (Wildman–Crippen MR) is 156 cm³/mol. The smallest absolute Gasteiger partial charge is 0.376 e. The van der Waals surface area contributed by atoms with Gasteiger partial charge in [0.15, 0.2) is 11.9 Å². The number of rotatable bonds is 23. The van der Waals surface area contributed by atoms with Gasteiger partial charge in [-0.1, -0.05) is 0 Å². The Balaban J connectivity index is 5.11. The van der Waals surface area contributed by atoms with Crippen LogP contribution < -0.4 is 0 Å². The van der Waals surface area contributed by atoms with Gasteiger partial charge in [0.2, 0.25) is 11.4 Å². The van der Waals surface area contributed by atoms with E-state index < -0.39 is 186 Å². The molecule has 514 valence electrons. The summed E-state index contributed by atoms with van der Waals surface area (Å²) in [5.74, 6) is -226. The summed E-state index contributed by atoms with van der Waals surface area (Å²) in [4.78, 5) is 12.6. The van der Waals surface area contributed by atoms with E-state index >= 15 is 43.9 Å². The lowest BCUT2D eigenvalue weighted by atomic mass is 9.70. The molecule has 1 N–H and O–H groups in total. The van der Waals surface area contributed by atoms with Gasteiger partial charge in [-0.2, -0.15) is 224 Å². The van der Waals surface area contributed by atoms with Crippen LogP contribution in [-0.4, -0.2) is 177 Å². The third-order valence-electron chi connectivity index (χ3n) is 11.2. The van der Waals surface area contributed by atoms with Crippen molar-refractivity contribution in [2.24, 2.45) is 0 Å². The summed E-state index contributed by atoms with van der Waals surface area (Å²) >= 11 is 0. The first kappa shape index (κ1) is 80.0. The Labute approximate surface area is 430 Å². The van der Waals surface area contributed by atoms with Gasteiger partial charge in [0.05, 0.1) is 0 Å². The van der Waals surface area contributed by atoms with Crippen LogP contribution in [0.1, 0.15) is 13.8 Å². The van der Waals surface area contributed by atoms with E-state index in [2.05, 4.69) is 9.47 Å². The maximum absolute atomic E-state index is 16.0. The Bertz CT molecular complexity index is 2400. The fourth-order valence-corrected chi connectivity index (χ4v) is 6.12. The lowest BCUT2D eigenvalue weighted by Gasteiger charge is -2.52. The van der Waals surface area contributed by atoms with Crippen molar-refractivity contribution in [2.75, 3.05) is 0 Å². The van der Waals surface area contributed by atoms with E-state index in [0.29, 0.717) is 0 Å². The molecule has 1 heterocycles. The minimum Gasteiger partial charge on any atom is -0.376 e. The average molecular weight is 1410 g/mol. The fourth-order valence-electron chi connectivity index (χ4n) is 6.12. The summed E-state index contributed by atoms with van der Waals surface area (Å²) in [6.07, 6.45) is -40.9. The van der Waals surface area contributed by atoms with Crippen LogP contribution in [0, 0.1) is 0 Å². The van der Waals surface area contributed by atoms with Crippen LogP contribution in [0.15, 0.2) is 0 Å². The summed E-state index contributed by atoms with van der Waals surface area (Å²) in [6, 6.07) is 0. The fraction of sp³-hybridized carbons (Fsp3) is 0.968. The van der Waals surface area contributed by atoms with Gasteiger partial charge in [-0.25, -0.2) is 0 Å². The highest BCUT2D eigenvalue weighted by Crippen LogP contribution is 2.72. The number of aliphatic hydroxyl groups is 1. The molecule has 1 rings (SSSR count). The van der Waals surface area contributed by atoms with Crippen LogP contribution in [0.25, 0.3) is 0 Å². The molecule has 0 aliphatic carbocycles. The SMILES string of the molecule is CC1(C)O[C@@H](C(O)(C(F)(F)C(F)(F)C(F)(F)C(F)(F)C(F)(F)C(F)(F)C(F)(F)C(F)(F)F)C(F)(F)C(F)(F)C(F)(F)C(F)(F)C(F)(F)C(F)(F)C(F)(F)C(F)(F)F)[C@H](C(=O)C(F)(F)C(F)(F)C(F)(F)C(F)(F)C(F)(F)C(F)(F)C(F)(F)C(F)(F)F)O1. The lowest BCUT2D eigenvalue weighted by Crippen LogP contribution is -2.85. The molecule has 0 radical (unpaired) electrons. The monoisotopic (exact) mass is 1410 g/mol. The predicted octanol–water partition coefficient (Wildman–Crippen LogP) is 15.8. The molecule has 4 nitrogen and oxygen atoms in total. The van der Waals surface area contributed by atoms with E-state index in [0.717, 1.165) is 0 Å². The van der Waals surface area contributed by atoms with E-state index in [9.17, 15) is 190 Å². The molecule has 1 saturated heterocycles. The molecule has 0 bridgehead atoms. The van der Waals surface area contributed by atoms with Crippen molar-refractivity contribution in [3.05, 3.63) is 0 Å². The standard InChI is InChI=1S/C31H9F51O4/c1-6(2)85-3(4(83)8(32,33)11(38,39)14(44,45)17(50,51)20(56,57)23(62,63)26(68,69)29(74,75)76)5(86-6)7(84,9(34,35)12(40,41)15(46,47)18(52,53)21(58,59)24(64,65)27(70,71)30(77,78)79)10(36,37)13(42,43)16(48,49)19(54,55)22(60,61)25(66,67)28(72,73)31(80,81)82/h3,5,84H,1-2H3/t3-,5+/m0/s1. The number of hydrogen-bond acceptors (Lipinski definition) is 4. The molecule has 86 heavy (non-hydrogen) atoms. The highest BCUT2D eigenvalue weighted by Gasteiger charge is 3.03. The Hall–Kier alpha value is -4.02. The van der Waals surface area contributed by atoms with Gasteiger partial charge in [-0.15, -0.1) is 0 Å². The van der Waals surface area contributed by atoms with Gasteiger partial charge in [0.25, 0.3) is 0 Å². The molecule has 0 amide bonds. The molecule has 0 aromatic heterocycles. The normalized spacial score (nSPS) is 20.3. The number of halogens is 51. The minimum absolute atomic E-state index is 1.17. The first-order valence-corrected chi connectivity index (χ1v) is 18.9. The molecule has 0 saturated carbocycles. The number of carbonyl (C=O) groups excluding carboxylic acids is 1. The first-order valence-electron chi connectivity index (χ1n) is 18.9. The van der Waals surface area contributed by atoms with Crippen molar-refractivity contribution in [3.63, 3.8) is 0 Å². The van der Waals surface area contributed by atoms with Crippen molar-refractivity contribution in [2.45, 2.75) is 180 Å². The van der Waals surface area contributed by atoms with E-state index in [-0.39, 0.29) is 0 Å². The zero-order valence-electron chi connectivity index (χ0n) is 37.6. The van der Waals surface area contributed by atoms with Gasteiger partial charge in [0.1, 0.15) is 6.10 Å². The van der Waals surface area contributed by atoms with E-state index in [1.54, 1.807) is 0 Å². The van der Waals surface area contributed by atoms with Gasteiger partial charge >= 0.3 is 143 Å². The van der Waals surface area contributed by atoms with Crippen LogP contribution in [0.5, 0.6) is 0 Å². The van der Waals surface area contributed by atoms with Crippen molar-refractivity contribution >= 4 is 5.78 Å². The zero-order valence-corrected chi connectivity index (χ0v) is 37.6. The molecular weight excluding hydrogens is 1410 g/mol. The van der Waals surface area contributed by atoms with Crippen LogP contribution in [0.3, 0.4) is 0 Å². The number of hydrogen-bond donors (Lipinski definition) is 1. The first-order chi connectivity index (χ1) is 36.1. The molecule has 0 spiro atoms. The number of carbonyl (C=O) groups is 1. The summed E-state index contributed by atoms with van der Waals surface area (Å²) in [7, 11) is 0. The average Bonchev–Trinajstić information content (AvgIpc) is 3.60. The summed E-state index contributed by atoms with van der Waals surface area (Å²) in [6.45, 7) is -2.33. The summed E-state index contributed by atoms with van der Waals surface area (Å²) < 4.78 is 726.